The van der Waals surface area contributed by atoms with E-state index in [1.165, 1.54) is 50.6 Å². The van der Waals surface area contributed by atoms with E-state index < -0.39 is 69.1 Å². The van der Waals surface area contributed by atoms with Gasteiger partial charge in [-0.05, 0) is 60.7 Å². The van der Waals surface area contributed by atoms with E-state index in [0.717, 1.165) is 30.3 Å². The predicted molar refractivity (Wildman–Crippen MR) is 150 cm³/mol. The number of benzene rings is 3. The van der Waals surface area contributed by atoms with Gasteiger partial charge in [-0.2, -0.15) is 0 Å². The van der Waals surface area contributed by atoms with Crippen LogP contribution in [0.3, 0.4) is 0 Å². The highest BCUT2D eigenvalue weighted by atomic mass is 32.2. The Labute approximate surface area is 246 Å². The molecule has 15 nitrogen and oxygen atoms in total. The molecule has 0 bridgehead atoms. The molecule has 0 spiro atoms. The lowest BCUT2D eigenvalue weighted by Crippen LogP contribution is -2.37. The van der Waals surface area contributed by atoms with Crippen LogP contribution in [0.5, 0.6) is 17.2 Å². The molecule has 0 saturated heterocycles. The molecule has 0 aliphatic carbocycles. The number of nitrogens with zero attached hydrogens (tertiary/aromatic N) is 2. The second-order valence-corrected chi connectivity index (χ2v) is 12.2. The average molecular weight is 639 g/mol. The van der Waals surface area contributed by atoms with Crippen LogP contribution in [0.15, 0.2) is 76.5 Å². The Balaban J connectivity index is 2.21. The van der Waals surface area contributed by atoms with Gasteiger partial charge < -0.3 is 29.5 Å². The summed E-state index contributed by atoms with van der Waals surface area (Å²) < 4.78 is 70.4. The third-order valence-electron chi connectivity index (χ3n) is 5.70. The van der Waals surface area contributed by atoms with Gasteiger partial charge in [0.1, 0.15) is 30.3 Å². The molecule has 0 aliphatic rings. The maximum atomic E-state index is 13.6. The van der Waals surface area contributed by atoms with Gasteiger partial charge in [0, 0.05) is 6.07 Å². The molecular weight excluding hydrogens is 612 g/mol. The van der Waals surface area contributed by atoms with Crippen molar-refractivity contribution in [2.45, 2.75) is 9.79 Å². The Hall–Kier alpha value is -5.03. The van der Waals surface area contributed by atoms with Crippen LogP contribution >= 0.6 is 0 Å². The molecule has 0 heterocycles. The molecule has 0 saturated carbocycles. The number of carboxylic acid groups (broad SMARTS) is 3. The molecule has 0 amide bonds. The maximum absolute atomic E-state index is 13.6. The van der Waals surface area contributed by atoms with Crippen LogP contribution in [0.1, 0.15) is 0 Å². The minimum Gasteiger partial charge on any atom is -0.497 e. The van der Waals surface area contributed by atoms with Crippen LogP contribution in [0.4, 0.5) is 11.4 Å². The Morgan fingerprint density at radius 3 is 1.51 bits per heavy atom. The molecule has 0 aliphatic heterocycles. The van der Waals surface area contributed by atoms with Crippen LogP contribution < -0.4 is 22.8 Å². The largest absolute Gasteiger partial charge is 0.497 e. The Morgan fingerprint density at radius 2 is 1.09 bits per heavy atom. The summed E-state index contributed by atoms with van der Waals surface area (Å²) in [6.07, 6.45) is 0. The third kappa shape index (κ3) is 7.63. The Bertz CT molecular complexity index is 1710. The summed E-state index contributed by atoms with van der Waals surface area (Å²) in [5.74, 6) is -4.54. The van der Waals surface area contributed by atoms with E-state index in [9.17, 15) is 46.5 Å². The molecule has 3 N–H and O–H groups in total. The van der Waals surface area contributed by atoms with Crippen LogP contribution in [0.2, 0.25) is 0 Å². The fourth-order valence-electron chi connectivity index (χ4n) is 3.73. The molecular formula is C26H26N2O13S2. The van der Waals surface area contributed by atoms with Crippen molar-refractivity contribution in [3.05, 3.63) is 66.7 Å². The number of rotatable bonds is 15. The van der Waals surface area contributed by atoms with Crippen LogP contribution in [0.25, 0.3) is 0 Å². The van der Waals surface area contributed by atoms with E-state index in [1.807, 2.05) is 0 Å². The lowest BCUT2D eigenvalue weighted by molar-refractivity contribution is -0.139. The number of sulfonamides is 2. The first-order valence-corrected chi connectivity index (χ1v) is 14.8. The zero-order valence-electron chi connectivity index (χ0n) is 22.6. The number of ether oxygens (including phenoxy) is 3. The molecule has 230 valence electrons. The second kappa shape index (κ2) is 13.3. The van der Waals surface area contributed by atoms with Crippen molar-refractivity contribution in [3.63, 3.8) is 0 Å². The maximum Gasteiger partial charge on any atom is 0.341 e. The highest BCUT2D eigenvalue weighted by Crippen LogP contribution is 2.38. The van der Waals surface area contributed by atoms with Crippen LogP contribution in [-0.2, 0) is 34.4 Å². The van der Waals surface area contributed by atoms with Gasteiger partial charge in [-0.3, -0.25) is 18.2 Å². The van der Waals surface area contributed by atoms with Crippen LogP contribution in [-0.4, -0.2) is 84.0 Å². The summed E-state index contributed by atoms with van der Waals surface area (Å²) >= 11 is 0. The number of carbonyl (C=O) groups is 3. The molecule has 3 rings (SSSR count). The topological polar surface area (TPSA) is 214 Å². The van der Waals surface area contributed by atoms with Gasteiger partial charge in [0.2, 0.25) is 0 Å². The van der Waals surface area contributed by atoms with Crippen molar-refractivity contribution in [1.29, 1.82) is 0 Å². The van der Waals surface area contributed by atoms with E-state index in [-0.39, 0.29) is 15.5 Å². The number of hydrogen-bond acceptors (Lipinski definition) is 10. The van der Waals surface area contributed by atoms with Crippen molar-refractivity contribution in [2.24, 2.45) is 0 Å². The molecule has 3 aromatic carbocycles. The fraction of sp³-hybridized carbons (Fsp3) is 0.192. The first-order valence-electron chi connectivity index (χ1n) is 12.0. The second-order valence-electron chi connectivity index (χ2n) is 8.50. The zero-order chi connectivity index (χ0) is 31.9. The summed E-state index contributed by atoms with van der Waals surface area (Å²) in [6.45, 7) is -3.26. The minimum atomic E-state index is -4.63. The van der Waals surface area contributed by atoms with E-state index in [1.54, 1.807) is 0 Å². The van der Waals surface area contributed by atoms with Crippen molar-refractivity contribution in [3.8, 4) is 17.2 Å². The van der Waals surface area contributed by atoms with E-state index in [0.29, 0.717) is 20.1 Å². The number of hydrogen-bond donors (Lipinski definition) is 3. The molecule has 43 heavy (non-hydrogen) atoms. The van der Waals surface area contributed by atoms with Crippen molar-refractivity contribution in [1.82, 2.24) is 0 Å². The van der Waals surface area contributed by atoms with E-state index >= 15 is 0 Å². The predicted octanol–water partition coefficient (Wildman–Crippen LogP) is 1.73. The molecule has 0 fully saturated rings. The van der Waals surface area contributed by atoms with Crippen molar-refractivity contribution >= 4 is 49.3 Å². The zero-order valence-corrected chi connectivity index (χ0v) is 24.2. The van der Waals surface area contributed by atoms with Crippen LogP contribution in [0, 0.1) is 0 Å². The lowest BCUT2D eigenvalue weighted by atomic mass is 10.2. The highest BCUT2D eigenvalue weighted by molar-refractivity contribution is 7.93. The summed E-state index contributed by atoms with van der Waals surface area (Å²) in [5, 5.41) is 28.2. The monoisotopic (exact) mass is 638 g/mol. The minimum absolute atomic E-state index is 0.315. The van der Waals surface area contributed by atoms with Gasteiger partial charge in [0.25, 0.3) is 20.0 Å². The normalized spacial score (nSPS) is 11.3. The van der Waals surface area contributed by atoms with Crippen molar-refractivity contribution in [2.75, 3.05) is 42.5 Å². The van der Waals surface area contributed by atoms with Gasteiger partial charge in [-0.15, -0.1) is 0 Å². The number of carboxylic acids is 3. The fourth-order valence-corrected chi connectivity index (χ4v) is 6.56. The van der Waals surface area contributed by atoms with E-state index in [4.69, 9.17) is 14.2 Å². The first-order chi connectivity index (χ1) is 20.2. The SMILES string of the molecule is COc1ccc(S(=O)(=O)N(CC(=O)O)c2ccc(N(CC(=O)O)S(=O)(=O)c3ccc(OC)cc3)c(OCC(=O)O)c2)cc1. The number of anilines is 2. The lowest BCUT2D eigenvalue weighted by Gasteiger charge is -2.27. The van der Waals surface area contributed by atoms with Gasteiger partial charge in [-0.1, -0.05) is 0 Å². The van der Waals surface area contributed by atoms with Gasteiger partial charge in [0.05, 0.1) is 35.4 Å². The molecule has 0 atom stereocenters. The molecule has 3 aromatic rings. The summed E-state index contributed by atoms with van der Waals surface area (Å²) in [6, 6.07) is 12.9. The molecule has 0 unspecified atom stereocenters. The quantitative estimate of drug-likeness (QED) is 0.216. The average Bonchev–Trinajstić information content (AvgIpc) is 2.97. The van der Waals surface area contributed by atoms with Gasteiger partial charge >= 0.3 is 17.9 Å². The molecule has 0 radical (unpaired) electrons. The third-order valence-corrected chi connectivity index (χ3v) is 9.27. The summed E-state index contributed by atoms with van der Waals surface area (Å²) in [4.78, 5) is 34.1. The Morgan fingerprint density at radius 1 is 0.651 bits per heavy atom. The first kappa shape index (κ1) is 32.5. The highest BCUT2D eigenvalue weighted by Gasteiger charge is 2.32. The number of aliphatic carboxylic acids is 3. The van der Waals surface area contributed by atoms with Gasteiger partial charge in [-0.25, -0.2) is 21.6 Å². The summed E-state index contributed by atoms with van der Waals surface area (Å²) in [5.41, 5.74) is -0.806. The Kier molecular flexibility index (Phi) is 10.0. The van der Waals surface area contributed by atoms with E-state index in [2.05, 4.69) is 0 Å². The summed E-state index contributed by atoms with van der Waals surface area (Å²) in [7, 11) is -6.48. The standard InChI is InChI=1S/C26H26N2O13S2/c1-39-18-4-8-20(9-5-18)42(35,36)27(14-24(29)30)17-3-12-22(23(13-17)41-16-26(33)34)28(15-25(31)32)43(37,38)21-10-6-19(40-2)7-11-21/h3-13H,14-16H2,1-2H3,(H,29,30)(H,31,32)(H,33,34). The van der Waals surface area contributed by atoms with Gasteiger partial charge in [0.15, 0.2) is 6.61 Å². The molecule has 17 heteroatoms. The smallest absolute Gasteiger partial charge is 0.341 e. The number of methoxy groups -OCH3 is 2. The molecule has 0 aromatic heterocycles. The van der Waals surface area contributed by atoms with Crippen molar-refractivity contribution < 1.29 is 60.7 Å².